The Bertz CT molecular complexity index is 570. The first-order valence-electron chi connectivity index (χ1n) is 5.07. The summed E-state index contributed by atoms with van der Waals surface area (Å²) in [6.07, 6.45) is 1.42. The van der Waals surface area contributed by atoms with Crippen molar-refractivity contribution in [3.63, 3.8) is 0 Å². The standard InChI is InChI=1S/C10H13N5O2/c1-10(2,3)17-8(16)6-5-7(13-4-12-5)15-9(11)14-6/h4H,1-3H3,(H3,11,12,13,14,15). The van der Waals surface area contributed by atoms with Gasteiger partial charge in [0.25, 0.3) is 0 Å². The lowest BCUT2D eigenvalue weighted by atomic mass is 10.2. The van der Waals surface area contributed by atoms with Gasteiger partial charge >= 0.3 is 5.97 Å². The number of nitrogens with one attached hydrogen (secondary N) is 1. The van der Waals surface area contributed by atoms with Crippen LogP contribution < -0.4 is 5.73 Å². The van der Waals surface area contributed by atoms with E-state index in [4.69, 9.17) is 10.5 Å². The highest BCUT2D eigenvalue weighted by Gasteiger charge is 2.22. The van der Waals surface area contributed by atoms with Crippen LogP contribution in [0.15, 0.2) is 6.33 Å². The fourth-order valence-electron chi connectivity index (χ4n) is 1.32. The largest absolute Gasteiger partial charge is 0.455 e. The third-order valence-electron chi connectivity index (χ3n) is 1.90. The van der Waals surface area contributed by atoms with E-state index in [2.05, 4.69) is 19.9 Å². The average Bonchev–Trinajstić information content (AvgIpc) is 2.60. The summed E-state index contributed by atoms with van der Waals surface area (Å²) in [5.41, 5.74) is 5.77. The third kappa shape index (κ3) is 2.32. The van der Waals surface area contributed by atoms with Gasteiger partial charge in [-0.25, -0.2) is 14.8 Å². The van der Waals surface area contributed by atoms with Gasteiger partial charge in [0, 0.05) is 0 Å². The van der Waals surface area contributed by atoms with Gasteiger partial charge < -0.3 is 15.5 Å². The van der Waals surface area contributed by atoms with Gasteiger partial charge in [-0.1, -0.05) is 0 Å². The normalized spacial score (nSPS) is 11.7. The number of aromatic nitrogens is 4. The zero-order chi connectivity index (χ0) is 12.6. The van der Waals surface area contributed by atoms with Crippen molar-refractivity contribution >= 4 is 23.1 Å². The van der Waals surface area contributed by atoms with Crippen molar-refractivity contribution in [1.29, 1.82) is 0 Å². The number of nitrogen functional groups attached to an aromatic ring is 1. The van der Waals surface area contributed by atoms with Crippen LogP contribution in [0, 0.1) is 0 Å². The van der Waals surface area contributed by atoms with Crippen LogP contribution in [0.25, 0.3) is 11.2 Å². The number of ether oxygens (including phenoxy) is 1. The van der Waals surface area contributed by atoms with Gasteiger partial charge in [-0.05, 0) is 20.8 Å². The lowest BCUT2D eigenvalue weighted by molar-refractivity contribution is 0.00652. The minimum absolute atomic E-state index is 0.00883. The van der Waals surface area contributed by atoms with Crippen LogP contribution in [0.2, 0.25) is 0 Å². The van der Waals surface area contributed by atoms with Crippen LogP contribution in [0.4, 0.5) is 5.95 Å². The smallest absolute Gasteiger partial charge is 0.359 e. The molecule has 0 spiro atoms. The van der Waals surface area contributed by atoms with Crippen LogP contribution in [-0.4, -0.2) is 31.5 Å². The monoisotopic (exact) mass is 235 g/mol. The van der Waals surface area contributed by atoms with E-state index in [-0.39, 0.29) is 11.6 Å². The number of hydrogen-bond acceptors (Lipinski definition) is 6. The Labute approximate surface area is 97.4 Å². The summed E-state index contributed by atoms with van der Waals surface area (Å²) < 4.78 is 5.22. The van der Waals surface area contributed by atoms with E-state index in [9.17, 15) is 4.79 Å². The first kappa shape index (κ1) is 11.3. The number of H-pyrrole nitrogens is 1. The Morgan fingerprint density at radius 1 is 1.41 bits per heavy atom. The van der Waals surface area contributed by atoms with Crippen molar-refractivity contribution in [3.05, 3.63) is 12.0 Å². The van der Waals surface area contributed by atoms with Gasteiger partial charge in [-0.3, -0.25) is 0 Å². The first-order valence-corrected chi connectivity index (χ1v) is 5.07. The summed E-state index contributed by atoms with van der Waals surface area (Å²) in [5.74, 6) is -0.564. The van der Waals surface area contributed by atoms with Crippen molar-refractivity contribution in [2.45, 2.75) is 26.4 Å². The van der Waals surface area contributed by atoms with Crippen molar-refractivity contribution in [3.8, 4) is 0 Å². The molecule has 7 nitrogen and oxygen atoms in total. The van der Waals surface area contributed by atoms with E-state index in [0.717, 1.165) is 0 Å². The predicted molar refractivity (Wildman–Crippen MR) is 61.3 cm³/mol. The second kappa shape index (κ2) is 3.69. The van der Waals surface area contributed by atoms with Gasteiger partial charge in [-0.15, -0.1) is 0 Å². The zero-order valence-electron chi connectivity index (χ0n) is 9.81. The molecular weight excluding hydrogens is 222 g/mol. The van der Waals surface area contributed by atoms with Crippen molar-refractivity contribution < 1.29 is 9.53 Å². The van der Waals surface area contributed by atoms with Crippen LogP contribution in [0.5, 0.6) is 0 Å². The van der Waals surface area contributed by atoms with Crippen LogP contribution in [0.3, 0.4) is 0 Å². The van der Waals surface area contributed by atoms with Gasteiger partial charge in [0.05, 0.1) is 6.33 Å². The van der Waals surface area contributed by atoms with Crippen molar-refractivity contribution in [1.82, 2.24) is 19.9 Å². The van der Waals surface area contributed by atoms with E-state index >= 15 is 0 Å². The number of esters is 1. The molecule has 0 aliphatic heterocycles. The maximum Gasteiger partial charge on any atom is 0.359 e. The number of hydrogen-bond donors (Lipinski definition) is 2. The molecule has 17 heavy (non-hydrogen) atoms. The molecule has 3 N–H and O–H groups in total. The minimum Gasteiger partial charge on any atom is -0.455 e. The molecule has 0 aliphatic carbocycles. The highest BCUT2D eigenvalue weighted by atomic mass is 16.6. The topological polar surface area (TPSA) is 107 Å². The molecule has 0 amide bonds. The second-order valence-corrected chi connectivity index (χ2v) is 4.53. The third-order valence-corrected chi connectivity index (χ3v) is 1.90. The van der Waals surface area contributed by atoms with Gasteiger partial charge in [0.2, 0.25) is 5.95 Å². The van der Waals surface area contributed by atoms with Gasteiger partial charge in [0.15, 0.2) is 11.3 Å². The fraction of sp³-hybridized carbons (Fsp3) is 0.400. The zero-order valence-corrected chi connectivity index (χ0v) is 9.81. The molecule has 0 aromatic carbocycles. The summed E-state index contributed by atoms with van der Waals surface area (Å²) in [5, 5.41) is 0. The number of rotatable bonds is 1. The lowest BCUT2D eigenvalue weighted by Crippen LogP contribution is -2.25. The Morgan fingerprint density at radius 2 is 2.12 bits per heavy atom. The highest BCUT2D eigenvalue weighted by molar-refractivity contribution is 5.99. The van der Waals surface area contributed by atoms with E-state index in [0.29, 0.717) is 11.2 Å². The van der Waals surface area contributed by atoms with E-state index in [1.165, 1.54) is 6.33 Å². The highest BCUT2D eigenvalue weighted by Crippen LogP contribution is 2.16. The fourth-order valence-corrected chi connectivity index (χ4v) is 1.32. The molecule has 0 saturated carbocycles. The summed E-state index contributed by atoms with van der Waals surface area (Å²) >= 11 is 0. The molecule has 2 aromatic heterocycles. The summed E-state index contributed by atoms with van der Waals surface area (Å²) in [6, 6.07) is 0. The Hall–Kier alpha value is -2.18. The first-order chi connectivity index (χ1) is 7.87. The quantitative estimate of drug-likeness (QED) is 0.711. The predicted octanol–water partition coefficient (Wildman–Crippen LogP) is 0.890. The average molecular weight is 235 g/mol. The maximum absolute atomic E-state index is 11.9. The molecule has 0 fully saturated rings. The molecule has 0 bridgehead atoms. The number of nitrogens with two attached hydrogens (primary N) is 1. The van der Waals surface area contributed by atoms with E-state index < -0.39 is 11.6 Å². The molecular formula is C10H13N5O2. The number of fused-ring (bicyclic) bond motifs is 1. The van der Waals surface area contributed by atoms with Crippen LogP contribution in [0.1, 0.15) is 31.3 Å². The summed E-state index contributed by atoms with van der Waals surface area (Å²) in [7, 11) is 0. The SMILES string of the molecule is CC(C)(C)OC(=O)c1nc(N)nc2nc[nH]c12. The molecule has 7 heteroatoms. The van der Waals surface area contributed by atoms with Crippen LogP contribution >= 0.6 is 0 Å². The Kier molecular flexibility index (Phi) is 2.45. The molecule has 2 aromatic rings. The number of nitrogens with zero attached hydrogens (tertiary/aromatic N) is 3. The molecule has 90 valence electrons. The molecule has 0 radical (unpaired) electrons. The van der Waals surface area contributed by atoms with Crippen molar-refractivity contribution in [2.24, 2.45) is 0 Å². The number of carbonyl (C=O) groups is 1. The molecule has 0 saturated heterocycles. The second-order valence-electron chi connectivity index (χ2n) is 4.53. The molecule has 2 heterocycles. The molecule has 0 aliphatic rings. The van der Waals surface area contributed by atoms with Gasteiger partial charge in [-0.2, -0.15) is 4.98 Å². The van der Waals surface area contributed by atoms with E-state index in [1.807, 2.05) is 0 Å². The number of carbonyl (C=O) groups excluding carboxylic acids is 1. The lowest BCUT2D eigenvalue weighted by Gasteiger charge is -2.19. The van der Waals surface area contributed by atoms with Crippen LogP contribution in [-0.2, 0) is 4.74 Å². The minimum atomic E-state index is -0.594. The number of aromatic amines is 1. The maximum atomic E-state index is 11.9. The van der Waals surface area contributed by atoms with E-state index in [1.54, 1.807) is 20.8 Å². The van der Waals surface area contributed by atoms with Gasteiger partial charge in [0.1, 0.15) is 11.1 Å². The molecule has 0 atom stereocenters. The molecule has 0 unspecified atom stereocenters. The number of anilines is 1. The molecule has 2 rings (SSSR count). The number of imidazole rings is 1. The summed E-state index contributed by atoms with van der Waals surface area (Å²) in [6.45, 7) is 5.33. The van der Waals surface area contributed by atoms with Crippen molar-refractivity contribution in [2.75, 3.05) is 5.73 Å². The Morgan fingerprint density at radius 3 is 2.76 bits per heavy atom. The summed E-state index contributed by atoms with van der Waals surface area (Å²) in [4.78, 5) is 26.4. The Balaban J connectivity index is 2.47.